The molecule has 13 nitrogen and oxygen atoms in total. The summed E-state index contributed by atoms with van der Waals surface area (Å²) in [6.45, 7) is 0. The molecule has 0 saturated heterocycles. The predicted octanol–water partition coefficient (Wildman–Crippen LogP) is -0.0229. The van der Waals surface area contributed by atoms with Crippen LogP contribution in [0, 0.1) is 0 Å². The van der Waals surface area contributed by atoms with E-state index < -0.39 is 60.2 Å². The van der Waals surface area contributed by atoms with Crippen molar-refractivity contribution in [1.29, 1.82) is 0 Å². The van der Waals surface area contributed by atoms with Gasteiger partial charge in [0.05, 0.1) is 12.5 Å². The lowest BCUT2D eigenvalue weighted by Gasteiger charge is -2.25. The van der Waals surface area contributed by atoms with Crippen molar-refractivity contribution < 1.29 is 44.4 Å². The van der Waals surface area contributed by atoms with Crippen LogP contribution < -0.4 is 21.7 Å². The van der Waals surface area contributed by atoms with E-state index in [2.05, 4.69) is 16.0 Å². The molecule has 0 saturated carbocycles. The highest BCUT2D eigenvalue weighted by Crippen LogP contribution is 2.14. The van der Waals surface area contributed by atoms with Gasteiger partial charge in [-0.2, -0.15) is 11.8 Å². The number of carboxylic acid groups (broad SMARTS) is 2. The molecule has 9 N–H and O–H groups in total. The summed E-state index contributed by atoms with van der Waals surface area (Å²) in [5.41, 5.74) is 6.74. The van der Waals surface area contributed by atoms with Crippen molar-refractivity contribution >= 4 is 41.4 Å². The number of hydrogen-bond acceptors (Lipinski definition) is 9. The summed E-state index contributed by atoms with van der Waals surface area (Å²) in [6, 6.07) is 6.38. The van der Waals surface area contributed by atoms with E-state index in [9.17, 15) is 39.3 Å². The van der Waals surface area contributed by atoms with Crippen LogP contribution in [0.15, 0.2) is 48.5 Å². The molecular formula is C27H34N4O9S. The Balaban J connectivity index is 2.33. The quantitative estimate of drug-likeness (QED) is 0.129. The van der Waals surface area contributed by atoms with Gasteiger partial charge in [0.15, 0.2) is 0 Å². The molecule has 0 aliphatic carbocycles. The van der Waals surface area contributed by atoms with E-state index in [4.69, 9.17) is 10.8 Å². The Hall–Kier alpha value is -4.30. The number of nitrogens with two attached hydrogens (primary N) is 1. The second-order valence-corrected chi connectivity index (χ2v) is 10.2. The minimum absolute atomic E-state index is 0.0174. The number of benzene rings is 2. The van der Waals surface area contributed by atoms with Gasteiger partial charge in [-0.1, -0.05) is 24.3 Å². The number of carboxylic acids is 2. The first-order valence-corrected chi connectivity index (χ1v) is 13.9. The number of thioether (sulfide) groups is 1. The van der Waals surface area contributed by atoms with Gasteiger partial charge in [0.2, 0.25) is 17.7 Å². The van der Waals surface area contributed by atoms with E-state index >= 15 is 0 Å². The van der Waals surface area contributed by atoms with Crippen LogP contribution in [0.25, 0.3) is 0 Å². The zero-order valence-electron chi connectivity index (χ0n) is 22.3. The zero-order chi connectivity index (χ0) is 30.5. The Bertz CT molecular complexity index is 1210. The molecule has 2 rings (SSSR count). The molecule has 2 aromatic carbocycles. The third-order valence-corrected chi connectivity index (χ3v) is 6.62. The van der Waals surface area contributed by atoms with Crippen molar-refractivity contribution in [2.75, 3.05) is 12.0 Å². The van der Waals surface area contributed by atoms with Crippen LogP contribution in [-0.2, 0) is 36.8 Å². The van der Waals surface area contributed by atoms with Gasteiger partial charge in [-0.05, 0) is 53.8 Å². The molecule has 0 aliphatic rings. The number of hydrogen-bond donors (Lipinski definition) is 8. The number of aliphatic carboxylic acids is 2. The van der Waals surface area contributed by atoms with Gasteiger partial charge in [0, 0.05) is 12.8 Å². The number of amides is 3. The summed E-state index contributed by atoms with van der Waals surface area (Å²) in [4.78, 5) is 62.1. The largest absolute Gasteiger partial charge is 0.508 e. The van der Waals surface area contributed by atoms with E-state index in [1.165, 1.54) is 60.3 Å². The Labute approximate surface area is 240 Å². The Morgan fingerprint density at radius 3 is 1.54 bits per heavy atom. The molecule has 41 heavy (non-hydrogen) atoms. The van der Waals surface area contributed by atoms with Gasteiger partial charge in [0.25, 0.3) is 0 Å². The lowest BCUT2D eigenvalue weighted by molar-refractivity contribution is -0.142. The number of phenolic OH excluding ortho intramolecular Hbond substituents is 2. The highest BCUT2D eigenvalue weighted by Gasteiger charge is 2.31. The van der Waals surface area contributed by atoms with Crippen LogP contribution >= 0.6 is 11.8 Å². The maximum atomic E-state index is 13.5. The number of carbonyl (C=O) groups is 5. The molecule has 2 aromatic rings. The zero-order valence-corrected chi connectivity index (χ0v) is 23.1. The molecule has 0 fully saturated rings. The van der Waals surface area contributed by atoms with Crippen molar-refractivity contribution in [3.05, 3.63) is 59.7 Å². The number of carbonyl (C=O) groups excluding carboxylic acids is 3. The second kappa shape index (κ2) is 16.1. The topological polar surface area (TPSA) is 228 Å². The van der Waals surface area contributed by atoms with Crippen molar-refractivity contribution in [1.82, 2.24) is 16.0 Å². The van der Waals surface area contributed by atoms with Crippen LogP contribution in [0.1, 0.15) is 24.0 Å². The average molecular weight is 591 g/mol. The summed E-state index contributed by atoms with van der Waals surface area (Å²) in [6.07, 6.45) is 1.07. The van der Waals surface area contributed by atoms with Crippen molar-refractivity contribution in [3.63, 3.8) is 0 Å². The maximum absolute atomic E-state index is 13.5. The molecule has 0 aliphatic heterocycles. The van der Waals surface area contributed by atoms with E-state index in [0.29, 0.717) is 16.9 Å². The molecule has 222 valence electrons. The molecular weight excluding hydrogens is 556 g/mol. The Morgan fingerprint density at radius 2 is 1.15 bits per heavy atom. The van der Waals surface area contributed by atoms with E-state index in [1.54, 1.807) is 6.26 Å². The number of aromatic hydroxyl groups is 2. The van der Waals surface area contributed by atoms with E-state index in [1.807, 2.05) is 0 Å². The fourth-order valence-electron chi connectivity index (χ4n) is 3.75. The molecule has 3 amide bonds. The second-order valence-electron chi connectivity index (χ2n) is 9.25. The van der Waals surface area contributed by atoms with Crippen LogP contribution in [0.5, 0.6) is 11.5 Å². The molecule has 0 aromatic heterocycles. The third kappa shape index (κ3) is 11.4. The lowest BCUT2D eigenvalue weighted by Crippen LogP contribution is -2.58. The summed E-state index contributed by atoms with van der Waals surface area (Å²) in [7, 11) is 0. The number of rotatable bonds is 16. The summed E-state index contributed by atoms with van der Waals surface area (Å²) in [5, 5.41) is 45.2. The molecule has 14 heteroatoms. The molecule has 0 bridgehead atoms. The van der Waals surface area contributed by atoms with Crippen LogP contribution in [0.4, 0.5) is 0 Å². The van der Waals surface area contributed by atoms with Gasteiger partial charge < -0.3 is 42.1 Å². The smallest absolute Gasteiger partial charge is 0.326 e. The SMILES string of the molecule is CSCCC(NC(=O)C(Cc1ccc(O)cc1)NC(=O)C(Cc1ccc(O)cc1)NC(=O)C(N)CC(=O)O)C(=O)O. The van der Waals surface area contributed by atoms with Crippen molar-refractivity contribution in [2.24, 2.45) is 5.73 Å². The van der Waals surface area contributed by atoms with Crippen LogP contribution in [0.3, 0.4) is 0 Å². The first-order chi connectivity index (χ1) is 19.4. The fourth-order valence-corrected chi connectivity index (χ4v) is 4.22. The first kappa shape index (κ1) is 32.9. The molecule has 0 heterocycles. The summed E-state index contributed by atoms with van der Waals surface area (Å²) >= 11 is 1.40. The number of nitrogens with one attached hydrogen (secondary N) is 3. The minimum atomic E-state index is -1.45. The third-order valence-electron chi connectivity index (χ3n) is 5.97. The standard InChI is InChI=1S/C27H34N4O9S/c1-41-11-10-20(27(39)40)29-25(37)22(13-16-4-8-18(33)9-5-16)31-26(38)21(12-15-2-6-17(32)7-3-15)30-24(36)19(28)14-23(34)35/h2-9,19-22,32-33H,10-14,28H2,1H3,(H,29,37)(H,30,36)(H,31,38)(H,34,35)(H,39,40). The van der Waals surface area contributed by atoms with Gasteiger partial charge in [-0.15, -0.1) is 0 Å². The molecule has 4 unspecified atom stereocenters. The van der Waals surface area contributed by atoms with E-state index in [-0.39, 0.29) is 30.8 Å². The highest BCUT2D eigenvalue weighted by atomic mass is 32.2. The number of phenols is 2. The fraction of sp³-hybridized carbons (Fsp3) is 0.370. The van der Waals surface area contributed by atoms with Crippen molar-refractivity contribution in [2.45, 2.75) is 49.9 Å². The van der Waals surface area contributed by atoms with Gasteiger partial charge in [-0.25, -0.2) is 4.79 Å². The normalized spacial score (nSPS) is 13.7. The predicted molar refractivity (Wildman–Crippen MR) is 150 cm³/mol. The minimum Gasteiger partial charge on any atom is -0.508 e. The van der Waals surface area contributed by atoms with Gasteiger partial charge in [0.1, 0.15) is 29.6 Å². The van der Waals surface area contributed by atoms with E-state index in [0.717, 1.165) is 0 Å². The van der Waals surface area contributed by atoms with Crippen molar-refractivity contribution in [3.8, 4) is 11.5 Å². The molecule has 0 radical (unpaired) electrons. The van der Waals surface area contributed by atoms with Gasteiger partial charge >= 0.3 is 11.9 Å². The Morgan fingerprint density at radius 1 is 0.732 bits per heavy atom. The van der Waals surface area contributed by atoms with Crippen LogP contribution in [0.2, 0.25) is 0 Å². The monoisotopic (exact) mass is 590 g/mol. The summed E-state index contributed by atoms with van der Waals surface area (Å²) < 4.78 is 0. The molecule has 4 atom stereocenters. The average Bonchev–Trinajstić information content (AvgIpc) is 2.91. The molecule has 0 spiro atoms. The lowest BCUT2D eigenvalue weighted by atomic mass is 10.0. The summed E-state index contributed by atoms with van der Waals surface area (Å²) in [5.74, 6) is -4.64. The van der Waals surface area contributed by atoms with Crippen LogP contribution in [-0.4, -0.2) is 86.3 Å². The maximum Gasteiger partial charge on any atom is 0.326 e. The van der Waals surface area contributed by atoms with Gasteiger partial charge in [-0.3, -0.25) is 19.2 Å². The first-order valence-electron chi connectivity index (χ1n) is 12.6. The Kier molecular flexibility index (Phi) is 12.9. The highest BCUT2D eigenvalue weighted by molar-refractivity contribution is 7.98.